The number of hydrogen-bond acceptors (Lipinski definition) is 11. The number of piperazine rings is 1. The SMILES string of the molecule is CC(C)(C)OC(=O)Nc1nc2c(-c3c(C(F)(F)F)cc4c(N5C6CCC5CN(C(=O)OC(C)(C)C)C6)nc(OC[C@@]56CCCN5C[C@H](F)C6)nc4c3Cl)ccc(F)c2s1. The lowest BCUT2D eigenvalue weighted by Gasteiger charge is -2.42. The molecule has 2 amide bonds. The predicted molar refractivity (Wildman–Crippen MR) is 214 cm³/mol. The largest absolute Gasteiger partial charge is 0.461 e. The van der Waals surface area contributed by atoms with E-state index in [1.165, 1.54) is 0 Å². The van der Waals surface area contributed by atoms with E-state index in [4.69, 9.17) is 30.8 Å². The highest BCUT2D eigenvalue weighted by molar-refractivity contribution is 7.22. The molecule has 1 N–H and O–H groups in total. The lowest BCUT2D eigenvalue weighted by molar-refractivity contribution is -0.137. The van der Waals surface area contributed by atoms with Crippen LogP contribution < -0.4 is 15.0 Å². The van der Waals surface area contributed by atoms with Crippen LogP contribution in [0.5, 0.6) is 6.01 Å². The number of benzene rings is 2. The minimum Gasteiger partial charge on any atom is -0.461 e. The molecule has 318 valence electrons. The first-order valence-electron chi connectivity index (χ1n) is 19.6. The van der Waals surface area contributed by atoms with E-state index in [2.05, 4.69) is 20.2 Å². The van der Waals surface area contributed by atoms with Gasteiger partial charge < -0.3 is 24.0 Å². The molecule has 2 aromatic carbocycles. The molecule has 19 heteroatoms. The molecule has 2 aromatic heterocycles. The standard InChI is InChI=1S/C40H45ClF5N7O5S/c1-37(2,3)57-35(54)50-34-48-30-23(10-11-26(43)31(30)59-34)27-25(40(44,45)46)14-24-29(28(27)41)47-33(56-19-39-12-7-13-52(39)16-20(42)15-39)49-32(24)53-21-8-9-22(53)18-51(17-21)36(55)58-38(4,5)6/h10-11,14,20-22H,7-9,12-13,15-19H2,1-6H3,(H,48,50,54)/t20-,21?,22?,39+/m1/s1. The van der Waals surface area contributed by atoms with E-state index >= 15 is 17.6 Å². The Morgan fingerprint density at radius 1 is 0.983 bits per heavy atom. The molecule has 4 aliphatic rings. The number of anilines is 2. The van der Waals surface area contributed by atoms with E-state index in [1.807, 2.05) is 4.90 Å². The van der Waals surface area contributed by atoms with E-state index < -0.39 is 63.2 Å². The predicted octanol–water partition coefficient (Wildman–Crippen LogP) is 9.61. The lowest BCUT2D eigenvalue weighted by atomic mass is 9.95. The number of fused-ring (bicyclic) bond motifs is 5. The molecule has 12 nitrogen and oxygen atoms in total. The van der Waals surface area contributed by atoms with Crippen LogP contribution in [-0.4, -0.2) is 105 Å². The summed E-state index contributed by atoms with van der Waals surface area (Å²) in [5.74, 6) is -0.620. The zero-order chi connectivity index (χ0) is 42.4. The van der Waals surface area contributed by atoms with Gasteiger partial charge in [0.05, 0.1) is 31.9 Å². The summed E-state index contributed by atoms with van der Waals surface area (Å²) in [7, 11) is 0. The molecule has 8 rings (SSSR count). The van der Waals surface area contributed by atoms with Crippen molar-refractivity contribution >= 4 is 67.2 Å². The Morgan fingerprint density at radius 3 is 2.34 bits per heavy atom. The number of carbonyl (C=O) groups excluding carboxylic acids is 2. The van der Waals surface area contributed by atoms with Crippen molar-refractivity contribution < 1.29 is 45.8 Å². The minimum atomic E-state index is -4.99. The number of carbonyl (C=O) groups is 2. The molecule has 2 unspecified atom stereocenters. The fraction of sp³-hybridized carbons (Fsp3) is 0.575. The Labute approximate surface area is 346 Å². The van der Waals surface area contributed by atoms with Crippen LogP contribution in [0.25, 0.3) is 32.2 Å². The van der Waals surface area contributed by atoms with Gasteiger partial charge in [-0.15, -0.1) is 0 Å². The summed E-state index contributed by atoms with van der Waals surface area (Å²) in [6.45, 7) is 11.8. The van der Waals surface area contributed by atoms with Crippen LogP contribution >= 0.6 is 22.9 Å². The second-order valence-electron chi connectivity index (χ2n) is 17.8. The zero-order valence-electron chi connectivity index (χ0n) is 33.4. The molecule has 6 heterocycles. The molecule has 4 fully saturated rings. The van der Waals surface area contributed by atoms with E-state index in [0.29, 0.717) is 25.8 Å². The topological polar surface area (TPSA) is 122 Å². The van der Waals surface area contributed by atoms with Gasteiger partial charge in [-0.3, -0.25) is 10.2 Å². The van der Waals surface area contributed by atoms with Crippen molar-refractivity contribution in [3.63, 3.8) is 0 Å². The molecular weight excluding hydrogens is 821 g/mol. The number of ether oxygens (including phenoxy) is 3. The molecule has 4 saturated heterocycles. The van der Waals surface area contributed by atoms with Crippen molar-refractivity contribution in [3.05, 3.63) is 34.6 Å². The van der Waals surface area contributed by atoms with Gasteiger partial charge in [-0.1, -0.05) is 22.9 Å². The fourth-order valence-corrected chi connectivity index (χ4v) is 10.2. The molecule has 0 aliphatic carbocycles. The third kappa shape index (κ3) is 8.03. The first kappa shape index (κ1) is 41.4. The molecule has 2 bridgehead atoms. The normalized spacial score (nSPS) is 23.6. The Morgan fingerprint density at radius 2 is 1.68 bits per heavy atom. The zero-order valence-corrected chi connectivity index (χ0v) is 35.0. The van der Waals surface area contributed by atoms with E-state index in [1.54, 1.807) is 46.4 Å². The van der Waals surface area contributed by atoms with Crippen molar-refractivity contribution in [2.45, 2.75) is 115 Å². The number of amides is 2. The van der Waals surface area contributed by atoms with Crippen LogP contribution in [0.1, 0.15) is 79.2 Å². The maximum Gasteiger partial charge on any atom is 0.417 e. The summed E-state index contributed by atoms with van der Waals surface area (Å²) >= 11 is 7.85. The maximum absolute atomic E-state index is 15.4. The average Bonchev–Trinajstić information content (AvgIpc) is 3.85. The first-order chi connectivity index (χ1) is 27.6. The first-order valence-corrected chi connectivity index (χ1v) is 20.8. The van der Waals surface area contributed by atoms with Crippen LogP contribution in [0.2, 0.25) is 5.02 Å². The average molecular weight is 866 g/mol. The number of hydrogen-bond donors (Lipinski definition) is 1. The monoisotopic (exact) mass is 865 g/mol. The minimum absolute atomic E-state index is 0.00435. The summed E-state index contributed by atoms with van der Waals surface area (Å²) in [4.78, 5) is 45.1. The molecule has 0 saturated carbocycles. The molecule has 0 spiro atoms. The van der Waals surface area contributed by atoms with Crippen molar-refractivity contribution in [2.75, 3.05) is 43.0 Å². The van der Waals surface area contributed by atoms with Gasteiger partial charge in [0.25, 0.3) is 0 Å². The maximum atomic E-state index is 15.4. The Kier molecular flexibility index (Phi) is 10.3. The molecule has 4 aromatic rings. The molecule has 59 heavy (non-hydrogen) atoms. The van der Waals surface area contributed by atoms with Crippen molar-refractivity contribution in [3.8, 4) is 17.1 Å². The van der Waals surface area contributed by atoms with Gasteiger partial charge >= 0.3 is 24.4 Å². The number of alkyl halides is 4. The van der Waals surface area contributed by atoms with E-state index in [9.17, 15) is 14.0 Å². The van der Waals surface area contributed by atoms with Gasteiger partial charge in [0, 0.05) is 54.7 Å². The quantitative estimate of drug-likeness (QED) is 0.188. The van der Waals surface area contributed by atoms with Crippen LogP contribution in [0.3, 0.4) is 0 Å². The second kappa shape index (κ2) is 14.7. The van der Waals surface area contributed by atoms with Crippen molar-refractivity contribution in [1.82, 2.24) is 24.8 Å². The third-order valence-electron chi connectivity index (χ3n) is 11.2. The Bertz CT molecular complexity index is 2320. The summed E-state index contributed by atoms with van der Waals surface area (Å²) in [5, 5.41) is 1.93. The summed E-state index contributed by atoms with van der Waals surface area (Å²) in [5.41, 5.74) is -4.20. The van der Waals surface area contributed by atoms with Crippen molar-refractivity contribution in [1.29, 1.82) is 0 Å². The highest BCUT2D eigenvalue weighted by Gasteiger charge is 2.50. The molecule has 4 aliphatic heterocycles. The van der Waals surface area contributed by atoms with Gasteiger partial charge in [0.1, 0.15) is 35.6 Å². The number of nitrogens with zero attached hydrogens (tertiary/aromatic N) is 6. The van der Waals surface area contributed by atoms with Gasteiger partial charge in [-0.2, -0.15) is 23.1 Å². The summed E-state index contributed by atoms with van der Waals surface area (Å²) < 4.78 is 93.4. The molecule has 0 radical (unpaired) electrons. The highest BCUT2D eigenvalue weighted by Crippen LogP contribution is 2.50. The van der Waals surface area contributed by atoms with Crippen molar-refractivity contribution in [2.24, 2.45) is 0 Å². The number of rotatable bonds is 6. The van der Waals surface area contributed by atoms with Crippen LogP contribution in [-0.2, 0) is 15.7 Å². The van der Waals surface area contributed by atoms with Gasteiger partial charge in [-0.05, 0) is 92.0 Å². The summed E-state index contributed by atoms with van der Waals surface area (Å²) in [6, 6.07) is 2.29. The number of halogens is 6. The van der Waals surface area contributed by atoms with E-state index in [-0.39, 0.29) is 88.4 Å². The number of nitrogens with one attached hydrogen (secondary N) is 1. The molecule has 4 atom stereocenters. The molecular formula is C40H45ClF5N7O5S. The second-order valence-corrected chi connectivity index (χ2v) is 19.2. The fourth-order valence-electron chi connectivity index (χ4n) is 8.93. The highest BCUT2D eigenvalue weighted by atomic mass is 35.5. The number of aromatic nitrogens is 3. The Balaban J connectivity index is 1.27. The van der Waals surface area contributed by atoms with Gasteiger partial charge in [-0.25, -0.2) is 23.4 Å². The van der Waals surface area contributed by atoms with Gasteiger partial charge in [0.15, 0.2) is 5.13 Å². The van der Waals surface area contributed by atoms with Crippen LogP contribution in [0.15, 0.2) is 18.2 Å². The Hall–Kier alpha value is -4.29. The number of thiazole rings is 1. The van der Waals surface area contributed by atoms with Crippen LogP contribution in [0, 0.1) is 5.82 Å². The van der Waals surface area contributed by atoms with Crippen LogP contribution in [0.4, 0.5) is 42.5 Å². The smallest absolute Gasteiger partial charge is 0.417 e. The van der Waals surface area contributed by atoms with E-state index in [0.717, 1.165) is 36.0 Å². The number of likely N-dealkylation sites (tertiary alicyclic amines) is 1. The lowest BCUT2D eigenvalue weighted by Crippen LogP contribution is -2.56. The van der Waals surface area contributed by atoms with Gasteiger partial charge in [0.2, 0.25) is 0 Å². The third-order valence-corrected chi connectivity index (χ3v) is 12.5. The summed E-state index contributed by atoms with van der Waals surface area (Å²) in [6.07, 6.45) is -4.31.